The van der Waals surface area contributed by atoms with E-state index in [4.69, 9.17) is 11.6 Å². The Balaban J connectivity index is 1.47. The summed E-state index contributed by atoms with van der Waals surface area (Å²) in [6, 6.07) is 8.55. The normalized spacial score (nSPS) is 10.4. The van der Waals surface area contributed by atoms with Gasteiger partial charge in [0.2, 0.25) is 0 Å². The van der Waals surface area contributed by atoms with Crippen molar-refractivity contribution < 1.29 is 4.79 Å². The molecular weight excluding hydrogens is 354 g/mol. The number of benzene rings is 1. The second-order valence-electron chi connectivity index (χ2n) is 5.39. The standard InChI is InChI=1S/C17H18ClN7O/c1-12-19-8-9-25(12)16-10-15(22-11-23-16)20-6-7-21-17(26)24-14-5-3-2-4-13(14)18/h2-5,8-11H,6-7H2,1H3,(H,20,22,23)(H2,21,24,26). The van der Waals surface area contributed by atoms with E-state index in [0.717, 1.165) is 11.6 Å². The maximum Gasteiger partial charge on any atom is 0.319 e. The van der Waals surface area contributed by atoms with Crippen LogP contribution in [-0.2, 0) is 0 Å². The number of carbonyl (C=O) groups is 1. The minimum Gasteiger partial charge on any atom is -0.368 e. The Morgan fingerprint density at radius 1 is 1.19 bits per heavy atom. The largest absolute Gasteiger partial charge is 0.368 e. The number of nitrogens with one attached hydrogen (secondary N) is 3. The highest BCUT2D eigenvalue weighted by atomic mass is 35.5. The monoisotopic (exact) mass is 371 g/mol. The molecule has 0 saturated heterocycles. The second kappa shape index (κ2) is 8.30. The van der Waals surface area contributed by atoms with Gasteiger partial charge in [-0.3, -0.25) is 4.57 Å². The molecule has 0 bridgehead atoms. The van der Waals surface area contributed by atoms with Crippen molar-refractivity contribution in [3.05, 3.63) is 59.9 Å². The fraction of sp³-hybridized carbons (Fsp3) is 0.176. The van der Waals surface area contributed by atoms with Gasteiger partial charge in [-0.05, 0) is 19.1 Å². The molecule has 3 N–H and O–H groups in total. The van der Waals surface area contributed by atoms with Crippen molar-refractivity contribution in [2.24, 2.45) is 0 Å². The third-order valence-corrected chi connectivity index (χ3v) is 3.89. The summed E-state index contributed by atoms with van der Waals surface area (Å²) in [6.07, 6.45) is 5.03. The molecule has 0 radical (unpaired) electrons. The van der Waals surface area contributed by atoms with Crippen LogP contribution in [0, 0.1) is 6.92 Å². The summed E-state index contributed by atoms with van der Waals surface area (Å²) >= 11 is 6.00. The number of hydrogen-bond acceptors (Lipinski definition) is 5. The predicted molar refractivity (Wildman–Crippen MR) is 101 cm³/mol. The molecule has 2 aromatic heterocycles. The van der Waals surface area contributed by atoms with Gasteiger partial charge in [-0.1, -0.05) is 23.7 Å². The van der Waals surface area contributed by atoms with Crippen LogP contribution < -0.4 is 16.0 Å². The van der Waals surface area contributed by atoms with Crippen LogP contribution in [0.4, 0.5) is 16.3 Å². The molecule has 3 aromatic rings. The van der Waals surface area contributed by atoms with E-state index in [-0.39, 0.29) is 6.03 Å². The van der Waals surface area contributed by atoms with Gasteiger partial charge >= 0.3 is 6.03 Å². The molecule has 0 fully saturated rings. The molecule has 0 aliphatic rings. The van der Waals surface area contributed by atoms with E-state index < -0.39 is 0 Å². The molecule has 2 heterocycles. The molecule has 3 rings (SSSR count). The van der Waals surface area contributed by atoms with E-state index in [1.54, 1.807) is 30.5 Å². The average Bonchev–Trinajstić information content (AvgIpc) is 3.07. The summed E-state index contributed by atoms with van der Waals surface area (Å²) in [7, 11) is 0. The molecule has 134 valence electrons. The summed E-state index contributed by atoms with van der Waals surface area (Å²) in [6.45, 7) is 2.83. The second-order valence-corrected chi connectivity index (χ2v) is 5.80. The Morgan fingerprint density at radius 3 is 2.81 bits per heavy atom. The summed E-state index contributed by atoms with van der Waals surface area (Å²) in [5, 5.41) is 9.08. The quantitative estimate of drug-likeness (QED) is 0.579. The Bertz CT molecular complexity index is 896. The van der Waals surface area contributed by atoms with Crippen LogP contribution >= 0.6 is 11.6 Å². The average molecular weight is 372 g/mol. The lowest BCUT2D eigenvalue weighted by molar-refractivity contribution is 0.252. The molecule has 8 nitrogen and oxygen atoms in total. The molecule has 0 aliphatic heterocycles. The lowest BCUT2D eigenvalue weighted by Crippen LogP contribution is -2.32. The SMILES string of the molecule is Cc1nccn1-c1cc(NCCNC(=O)Nc2ccccc2Cl)ncn1. The number of halogens is 1. The zero-order valence-electron chi connectivity index (χ0n) is 14.1. The van der Waals surface area contributed by atoms with Gasteiger partial charge in [0.25, 0.3) is 0 Å². The van der Waals surface area contributed by atoms with Crippen molar-refractivity contribution in [2.75, 3.05) is 23.7 Å². The van der Waals surface area contributed by atoms with Crippen LogP contribution in [-0.4, -0.2) is 38.6 Å². The highest BCUT2D eigenvalue weighted by molar-refractivity contribution is 6.33. The summed E-state index contributed by atoms with van der Waals surface area (Å²) < 4.78 is 1.86. The first kappa shape index (κ1) is 17.7. The van der Waals surface area contributed by atoms with Crippen molar-refractivity contribution in [2.45, 2.75) is 6.92 Å². The minimum atomic E-state index is -0.322. The molecule has 0 atom stereocenters. The van der Waals surface area contributed by atoms with Gasteiger partial charge in [0.15, 0.2) is 0 Å². The molecule has 0 spiro atoms. The molecule has 2 amide bonds. The van der Waals surface area contributed by atoms with Gasteiger partial charge < -0.3 is 16.0 Å². The van der Waals surface area contributed by atoms with Crippen LogP contribution in [0.5, 0.6) is 0 Å². The third-order valence-electron chi connectivity index (χ3n) is 3.56. The number of imidazole rings is 1. The van der Waals surface area contributed by atoms with Gasteiger partial charge in [-0.2, -0.15) is 0 Å². The van der Waals surface area contributed by atoms with Gasteiger partial charge in [0, 0.05) is 31.5 Å². The van der Waals surface area contributed by atoms with E-state index in [1.807, 2.05) is 23.8 Å². The van der Waals surface area contributed by atoms with E-state index in [1.165, 1.54) is 6.33 Å². The number of anilines is 2. The molecule has 9 heteroatoms. The number of aryl methyl sites for hydroxylation is 1. The number of carbonyl (C=O) groups excluding carboxylic acids is 1. The Morgan fingerprint density at radius 2 is 2.04 bits per heavy atom. The first-order valence-electron chi connectivity index (χ1n) is 7.99. The van der Waals surface area contributed by atoms with Gasteiger partial charge in [-0.15, -0.1) is 0 Å². The number of amides is 2. The summed E-state index contributed by atoms with van der Waals surface area (Å²) in [5.41, 5.74) is 0.566. The molecule has 0 aliphatic carbocycles. The van der Waals surface area contributed by atoms with E-state index in [9.17, 15) is 4.79 Å². The maximum absolute atomic E-state index is 11.9. The van der Waals surface area contributed by atoms with Crippen molar-refractivity contribution >= 4 is 29.1 Å². The number of hydrogen-bond donors (Lipinski definition) is 3. The third kappa shape index (κ3) is 4.48. The zero-order valence-corrected chi connectivity index (χ0v) is 14.9. The van der Waals surface area contributed by atoms with Crippen LogP contribution in [0.2, 0.25) is 5.02 Å². The van der Waals surface area contributed by atoms with Crippen molar-refractivity contribution in [1.29, 1.82) is 0 Å². The number of rotatable bonds is 6. The zero-order chi connectivity index (χ0) is 18.4. The number of nitrogens with zero attached hydrogens (tertiary/aromatic N) is 4. The smallest absolute Gasteiger partial charge is 0.319 e. The Hall–Kier alpha value is -3.13. The van der Waals surface area contributed by atoms with Crippen LogP contribution in [0.15, 0.2) is 49.1 Å². The number of para-hydroxylation sites is 1. The fourth-order valence-corrected chi connectivity index (χ4v) is 2.47. The lowest BCUT2D eigenvalue weighted by Gasteiger charge is -2.10. The topological polar surface area (TPSA) is 96.8 Å². The summed E-state index contributed by atoms with van der Waals surface area (Å²) in [5.74, 6) is 2.23. The highest BCUT2D eigenvalue weighted by Gasteiger charge is 2.05. The molecule has 0 unspecified atom stereocenters. The summed E-state index contributed by atoms with van der Waals surface area (Å²) in [4.78, 5) is 24.5. The molecule has 0 saturated carbocycles. The number of aromatic nitrogens is 4. The first-order chi connectivity index (χ1) is 12.6. The molecule has 1 aromatic carbocycles. The highest BCUT2D eigenvalue weighted by Crippen LogP contribution is 2.20. The van der Waals surface area contributed by atoms with Crippen molar-refractivity contribution in [1.82, 2.24) is 24.8 Å². The lowest BCUT2D eigenvalue weighted by atomic mass is 10.3. The van der Waals surface area contributed by atoms with Gasteiger partial charge in [0.1, 0.15) is 23.8 Å². The van der Waals surface area contributed by atoms with E-state index >= 15 is 0 Å². The number of urea groups is 1. The maximum atomic E-state index is 11.9. The first-order valence-corrected chi connectivity index (χ1v) is 8.37. The predicted octanol–water partition coefficient (Wildman–Crippen LogP) is 2.86. The van der Waals surface area contributed by atoms with Crippen molar-refractivity contribution in [3.63, 3.8) is 0 Å². The van der Waals surface area contributed by atoms with Gasteiger partial charge in [0.05, 0.1) is 10.7 Å². The minimum absolute atomic E-state index is 0.322. The van der Waals surface area contributed by atoms with Crippen LogP contribution in [0.25, 0.3) is 5.82 Å². The fourth-order valence-electron chi connectivity index (χ4n) is 2.29. The van der Waals surface area contributed by atoms with Gasteiger partial charge in [-0.25, -0.2) is 19.7 Å². The van der Waals surface area contributed by atoms with Crippen LogP contribution in [0.3, 0.4) is 0 Å². The van der Waals surface area contributed by atoms with E-state index in [2.05, 4.69) is 30.9 Å². The van der Waals surface area contributed by atoms with Crippen LogP contribution in [0.1, 0.15) is 5.82 Å². The Labute approximate surface area is 155 Å². The molecule has 26 heavy (non-hydrogen) atoms. The molecular formula is C17H18ClN7O. The van der Waals surface area contributed by atoms with E-state index in [0.29, 0.717) is 29.6 Å². The Kier molecular flexibility index (Phi) is 5.65. The van der Waals surface area contributed by atoms with Crippen molar-refractivity contribution in [3.8, 4) is 5.82 Å².